The zero-order valence-electron chi connectivity index (χ0n) is 14.1. The smallest absolute Gasteiger partial charge is 0.222 e. The summed E-state index contributed by atoms with van der Waals surface area (Å²) in [6.45, 7) is 3.47. The predicted octanol–water partition coefficient (Wildman–Crippen LogP) is 2.49. The maximum atomic E-state index is 13.0. The van der Waals surface area contributed by atoms with E-state index in [1.165, 1.54) is 12.1 Å². The Kier molecular flexibility index (Phi) is 5.85. The number of aliphatic hydroxyl groups is 1. The number of hydrogen-bond donors (Lipinski definition) is 2. The van der Waals surface area contributed by atoms with E-state index in [-0.39, 0.29) is 17.6 Å². The molecule has 0 radical (unpaired) electrons. The molecule has 0 aromatic heterocycles. The first kappa shape index (κ1) is 17.4. The second kappa shape index (κ2) is 8.08. The molecule has 132 valence electrons. The highest BCUT2D eigenvalue weighted by molar-refractivity contribution is 5.76. The SMILES string of the molecule is O=C(CC1CCNCC1)N1CCC(C(O)c2ccc(F)cc2)CC1. The number of rotatable bonds is 4. The number of nitrogens with zero attached hydrogens (tertiary/aromatic N) is 1. The lowest BCUT2D eigenvalue weighted by Gasteiger charge is -2.35. The molecular weight excluding hydrogens is 307 g/mol. The number of piperidine rings is 2. The molecule has 0 spiro atoms. The summed E-state index contributed by atoms with van der Waals surface area (Å²) < 4.78 is 13.0. The van der Waals surface area contributed by atoms with E-state index in [1.807, 2.05) is 4.90 Å². The molecule has 0 saturated carbocycles. The molecule has 0 aliphatic carbocycles. The van der Waals surface area contributed by atoms with Gasteiger partial charge in [0.2, 0.25) is 5.91 Å². The van der Waals surface area contributed by atoms with Gasteiger partial charge in [0, 0.05) is 19.5 Å². The van der Waals surface area contributed by atoms with Gasteiger partial charge in [-0.25, -0.2) is 4.39 Å². The molecule has 2 N–H and O–H groups in total. The predicted molar refractivity (Wildman–Crippen MR) is 90.9 cm³/mol. The van der Waals surface area contributed by atoms with E-state index in [0.29, 0.717) is 25.4 Å². The van der Waals surface area contributed by atoms with E-state index < -0.39 is 6.10 Å². The first-order chi connectivity index (χ1) is 11.6. The molecule has 2 aliphatic rings. The molecule has 1 atom stereocenters. The van der Waals surface area contributed by atoms with E-state index in [2.05, 4.69) is 5.32 Å². The summed E-state index contributed by atoms with van der Waals surface area (Å²) in [6.07, 6.45) is 3.86. The van der Waals surface area contributed by atoms with E-state index in [0.717, 1.165) is 44.3 Å². The van der Waals surface area contributed by atoms with Gasteiger partial charge in [0.25, 0.3) is 0 Å². The number of carbonyl (C=O) groups is 1. The van der Waals surface area contributed by atoms with E-state index in [4.69, 9.17) is 0 Å². The third kappa shape index (κ3) is 4.33. The van der Waals surface area contributed by atoms with Crippen LogP contribution in [0.5, 0.6) is 0 Å². The first-order valence-corrected chi connectivity index (χ1v) is 9.05. The fourth-order valence-corrected chi connectivity index (χ4v) is 3.86. The van der Waals surface area contributed by atoms with Crippen molar-refractivity contribution in [3.05, 3.63) is 35.6 Å². The van der Waals surface area contributed by atoms with Gasteiger partial charge in [0.1, 0.15) is 5.82 Å². The Hall–Kier alpha value is -1.46. The average molecular weight is 334 g/mol. The van der Waals surface area contributed by atoms with Gasteiger partial charge in [-0.05, 0) is 68.3 Å². The van der Waals surface area contributed by atoms with Crippen LogP contribution in [0.1, 0.15) is 43.8 Å². The van der Waals surface area contributed by atoms with Gasteiger partial charge in [-0.15, -0.1) is 0 Å². The third-order valence-corrected chi connectivity index (χ3v) is 5.47. The number of nitrogens with one attached hydrogen (secondary N) is 1. The van der Waals surface area contributed by atoms with Crippen LogP contribution in [0.4, 0.5) is 4.39 Å². The van der Waals surface area contributed by atoms with Crippen LogP contribution in [0.25, 0.3) is 0 Å². The topological polar surface area (TPSA) is 52.6 Å². The standard InChI is InChI=1S/C19H27FN2O2/c20-17-3-1-15(2-4-17)19(24)16-7-11-22(12-8-16)18(23)13-14-5-9-21-10-6-14/h1-4,14,16,19,21,24H,5-13H2. The number of hydrogen-bond acceptors (Lipinski definition) is 3. The fraction of sp³-hybridized carbons (Fsp3) is 0.632. The number of likely N-dealkylation sites (tertiary alicyclic amines) is 1. The minimum atomic E-state index is -0.577. The lowest BCUT2D eigenvalue weighted by atomic mass is 9.87. The summed E-state index contributed by atoms with van der Waals surface area (Å²) in [7, 11) is 0. The first-order valence-electron chi connectivity index (χ1n) is 9.05. The Labute approximate surface area is 143 Å². The van der Waals surface area contributed by atoms with Crippen LogP contribution in [0, 0.1) is 17.7 Å². The minimum Gasteiger partial charge on any atom is -0.388 e. The van der Waals surface area contributed by atoms with E-state index in [1.54, 1.807) is 12.1 Å². The van der Waals surface area contributed by atoms with Gasteiger partial charge in [0.15, 0.2) is 0 Å². The maximum Gasteiger partial charge on any atom is 0.222 e. The highest BCUT2D eigenvalue weighted by Gasteiger charge is 2.29. The highest BCUT2D eigenvalue weighted by Crippen LogP contribution is 2.31. The zero-order chi connectivity index (χ0) is 16.9. The van der Waals surface area contributed by atoms with Crippen molar-refractivity contribution in [3.8, 4) is 0 Å². The van der Waals surface area contributed by atoms with Crippen LogP contribution < -0.4 is 5.32 Å². The fourth-order valence-electron chi connectivity index (χ4n) is 3.86. The van der Waals surface area contributed by atoms with Crippen LogP contribution in [0.3, 0.4) is 0 Å². The summed E-state index contributed by atoms with van der Waals surface area (Å²) in [5, 5.41) is 13.8. The van der Waals surface area contributed by atoms with Crippen LogP contribution >= 0.6 is 0 Å². The molecule has 2 fully saturated rings. The molecule has 1 amide bonds. The Morgan fingerprint density at radius 1 is 1.17 bits per heavy atom. The van der Waals surface area contributed by atoms with E-state index in [9.17, 15) is 14.3 Å². The molecule has 4 nitrogen and oxygen atoms in total. The lowest BCUT2D eigenvalue weighted by molar-refractivity contribution is -0.134. The molecule has 1 aromatic carbocycles. The van der Waals surface area contributed by atoms with Gasteiger partial charge < -0.3 is 15.3 Å². The van der Waals surface area contributed by atoms with Crippen LogP contribution in [-0.4, -0.2) is 42.1 Å². The summed E-state index contributed by atoms with van der Waals surface area (Å²) >= 11 is 0. The summed E-state index contributed by atoms with van der Waals surface area (Å²) in [6, 6.07) is 6.07. The van der Waals surface area contributed by atoms with Gasteiger partial charge in [-0.1, -0.05) is 12.1 Å². The average Bonchev–Trinajstić information content (AvgIpc) is 2.63. The highest BCUT2D eigenvalue weighted by atomic mass is 19.1. The van der Waals surface area contributed by atoms with Crippen LogP contribution in [0.2, 0.25) is 0 Å². The quantitative estimate of drug-likeness (QED) is 0.889. The van der Waals surface area contributed by atoms with E-state index >= 15 is 0 Å². The van der Waals surface area contributed by atoms with Crippen molar-refractivity contribution in [2.45, 2.75) is 38.2 Å². The van der Waals surface area contributed by atoms with Crippen molar-refractivity contribution < 1.29 is 14.3 Å². The van der Waals surface area contributed by atoms with Crippen molar-refractivity contribution in [3.63, 3.8) is 0 Å². The molecule has 3 rings (SSSR count). The number of carbonyl (C=O) groups excluding carboxylic acids is 1. The van der Waals surface area contributed by atoms with Crippen molar-refractivity contribution in [1.29, 1.82) is 0 Å². The van der Waals surface area contributed by atoms with Crippen molar-refractivity contribution in [2.75, 3.05) is 26.2 Å². The second-order valence-corrected chi connectivity index (χ2v) is 7.11. The lowest BCUT2D eigenvalue weighted by Crippen LogP contribution is -2.41. The van der Waals surface area contributed by atoms with Gasteiger partial charge in [-0.2, -0.15) is 0 Å². The molecule has 2 heterocycles. The molecule has 1 unspecified atom stereocenters. The van der Waals surface area contributed by atoms with Crippen molar-refractivity contribution in [1.82, 2.24) is 10.2 Å². The molecule has 2 aliphatic heterocycles. The summed E-state index contributed by atoms with van der Waals surface area (Å²) in [5.41, 5.74) is 0.760. The summed E-state index contributed by atoms with van der Waals surface area (Å²) in [4.78, 5) is 14.4. The summed E-state index contributed by atoms with van der Waals surface area (Å²) in [5.74, 6) is 0.626. The maximum absolute atomic E-state index is 13.0. The Balaban J connectivity index is 1.47. The Morgan fingerprint density at radius 2 is 1.79 bits per heavy atom. The Morgan fingerprint density at radius 3 is 2.42 bits per heavy atom. The van der Waals surface area contributed by atoms with Gasteiger partial charge in [-0.3, -0.25) is 4.79 Å². The number of aliphatic hydroxyl groups excluding tert-OH is 1. The van der Waals surface area contributed by atoms with Gasteiger partial charge in [0.05, 0.1) is 6.10 Å². The monoisotopic (exact) mass is 334 g/mol. The normalized spacial score (nSPS) is 21.7. The van der Waals surface area contributed by atoms with Gasteiger partial charge >= 0.3 is 0 Å². The molecule has 5 heteroatoms. The Bertz CT molecular complexity index is 535. The largest absolute Gasteiger partial charge is 0.388 e. The number of halogens is 1. The molecule has 0 bridgehead atoms. The van der Waals surface area contributed by atoms with Crippen molar-refractivity contribution in [2.24, 2.45) is 11.8 Å². The number of amides is 1. The van der Waals surface area contributed by atoms with Crippen LogP contribution in [0.15, 0.2) is 24.3 Å². The molecule has 24 heavy (non-hydrogen) atoms. The van der Waals surface area contributed by atoms with Crippen LogP contribution in [-0.2, 0) is 4.79 Å². The number of benzene rings is 1. The minimum absolute atomic E-state index is 0.137. The third-order valence-electron chi connectivity index (χ3n) is 5.47. The molecule has 2 saturated heterocycles. The molecule has 1 aromatic rings. The zero-order valence-corrected chi connectivity index (χ0v) is 14.1. The second-order valence-electron chi connectivity index (χ2n) is 7.11. The molecular formula is C19H27FN2O2. The van der Waals surface area contributed by atoms with Crippen molar-refractivity contribution >= 4 is 5.91 Å².